The molecule has 2 heterocycles. The zero-order valence-electron chi connectivity index (χ0n) is 21.3. The average Bonchev–Trinajstić information content (AvgIpc) is 2.81. The van der Waals surface area contributed by atoms with Gasteiger partial charge >= 0.3 is 12.3 Å². The van der Waals surface area contributed by atoms with Crippen molar-refractivity contribution in [3.05, 3.63) is 23.3 Å². The summed E-state index contributed by atoms with van der Waals surface area (Å²) >= 11 is 0. The van der Waals surface area contributed by atoms with Gasteiger partial charge in [0.25, 0.3) is 11.8 Å². The van der Waals surface area contributed by atoms with Gasteiger partial charge in [0.1, 0.15) is 5.75 Å². The van der Waals surface area contributed by atoms with Crippen LogP contribution in [0.2, 0.25) is 0 Å². The van der Waals surface area contributed by atoms with Gasteiger partial charge in [-0.25, -0.2) is 4.79 Å². The van der Waals surface area contributed by atoms with E-state index in [1.54, 1.807) is 13.8 Å². The highest BCUT2D eigenvalue weighted by Crippen LogP contribution is 2.44. The maximum absolute atomic E-state index is 14.3. The molecule has 2 atom stereocenters. The molecule has 0 spiro atoms. The normalized spacial score (nSPS) is 21.9. The SMILES string of the molecule is COC[C@@]1(C)Oc2cc(C(F)(F)F)c(C(=O)N(C(C)C)[C@@H]3CCCNC3)cc2N(CCNC(=O)O)C1=O. The van der Waals surface area contributed by atoms with Crippen LogP contribution < -0.4 is 20.3 Å². The molecule has 37 heavy (non-hydrogen) atoms. The second-order valence-corrected chi connectivity index (χ2v) is 9.62. The number of carbonyl (C=O) groups is 3. The molecule has 206 valence electrons. The number of methoxy groups -OCH3 is 1. The average molecular weight is 531 g/mol. The minimum absolute atomic E-state index is 0.0485. The Hall–Kier alpha value is -3.06. The molecule has 0 unspecified atom stereocenters. The first-order valence-electron chi connectivity index (χ1n) is 12.1. The first kappa shape index (κ1) is 28.5. The number of carbonyl (C=O) groups excluding carboxylic acids is 2. The number of ether oxygens (including phenoxy) is 2. The molecule has 0 aromatic heterocycles. The van der Waals surface area contributed by atoms with Gasteiger partial charge in [-0.05, 0) is 52.3 Å². The van der Waals surface area contributed by atoms with E-state index in [-0.39, 0.29) is 43.2 Å². The lowest BCUT2D eigenvalue weighted by Gasteiger charge is -2.41. The Morgan fingerprint density at radius 2 is 2.08 bits per heavy atom. The second kappa shape index (κ2) is 11.1. The van der Waals surface area contributed by atoms with E-state index in [9.17, 15) is 27.6 Å². The van der Waals surface area contributed by atoms with Crippen molar-refractivity contribution in [2.45, 2.75) is 57.5 Å². The number of halogens is 3. The number of alkyl halides is 3. The third-order valence-corrected chi connectivity index (χ3v) is 6.44. The summed E-state index contributed by atoms with van der Waals surface area (Å²) in [6.45, 7) is 5.44. The van der Waals surface area contributed by atoms with Crippen molar-refractivity contribution < 1.29 is 42.1 Å². The van der Waals surface area contributed by atoms with E-state index < -0.39 is 40.8 Å². The highest BCUT2D eigenvalue weighted by Gasteiger charge is 2.47. The zero-order chi connectivity index (χ0) is 27.5. The van der Waals surface area contributed by atoms with Crippen molar-refractivity contribution in [1.82, 2.24) is 15.5 Å². The number of amides is 3. The summed E-state index contributed by atoms with van der Waals surface area (Å²) in [5.41, 5.74) is -3.48. The Labute approximate surface area is 213 Å². The molecule has 3 amide bonds. The van der Waals surface area contributed by atoms with Crippen molar-refractivity contribution in [1.29, 1.82) is 0 Å². The smallest absolute Gasteiger partial charge is 0.417 e. The number of hydrogen-bond acceptors (Lipinski definition) is 6. The molecular weight excluding hydrogens is 497 g/mol. The van der Waals surface area contributed by atoms with Gasteiger partial charge in [-0.15, -0.1) is 0 Å². The second-order valence-electron chi connectivity index (χ2n) is 9.62. The maximum Gasteiger partial charge on any atom is 0.417 e. The van der Waals surface area contributed by atoms with Crippen molar-refractivity contribution in [2.75, 3.05) is 44.8 Å². The molecule has 1 saturated heterocycles. The number of hydrogen-bond donors (Lipinski definition) is 3. The number of piperidine rings is 1. The van der Waals surface area contributed by atoms with Gasteiger partial charge < -0.3 is 35.0 Å². The van der Waals surface area contributed by atoms with E-state index >= 15 is 0 Å². The van der Waals surface area contributed by atoms with Gasteiger partial charge in [-0.1, -0.05) is 0 Å². The molecule has 2 aliphatic heterocycles. The number of nitrogens with zero attached hydrogens (tertiary/aromatic N) is 2. The number of rotatable bonds is 8. The maximum atomic E-state index is 14.3. The molecule has 1 fully saturated rings. The standard InChI is InChI=1S/C24H33F3N4O6/c1-14(2)31(15-6-5-7-28-12-15)20(32)16-10-18-19(11-17(16)24(25,26)27)37-23(3,13-36-4)21(33)30(18)9-8-29-22(34)35/h10-11,14-15,28-29H,5-9,12-13H2,1-4H3,(H,34,35)/t15-,23-/m1/s1. The minimum Gasteiger partial charge on any atom is -0.473 e. The Kier molecular flexibility index (Phi) is 8.58. The van der Waals surface area contributed by atoms with Gasteiger partial charge in [-0.2, -0.15) is 13.2 Å². The molecule has 2 aliphatic rings. The molecule has 1 aromatic rings. The van der Waals surface area contributed by atoms with Crippen LogP contribution in [-0.4, -0.2) is 85.5 Å². The molecule has 13 heteroatoms. The Morgan fingerprint density at radius 3 is 2.62 bits per heavy atom. The van der Waals surface area contributed by atoms with E-state index in [2.05, 4.69) is 10.6 Å². The van der Waals surface area contributed by atoms with Gasteiger partial charge in [0.15, 0.2) is 0 Å². The predicted molar refractivity (Wildman–Crippen MR) is 128 cm³/mol. The molecule has 3 N–H and O–H groups in total. The van der Waals surface area contributed by atoms with E-state index in [0.717, 1.165) is 30.0 Å². The lowest BCUT2D eigenvalue weighted by Crippen LogP contribution is -2.58. The quantitative estimate of drug-likeness (QED) is 0.473. The van der Waals surface area contributed by atoms with Crippen LogP contribution in [0.25, 0.3) is 0 Å². The summed E-state index contributed by atoms with van der Waals surface area (Å²) in [7, 11) is 1.32. The highest BCUT2D eigenvalue weighted by atomic mass is 19.4. The van der Waals surface area contributed by atoms with Crippen LogP contribution in [0.15, 0.2) is 12.1 Å². The van der Waals surface area contributed by atoms with Gasteiger partial charge in [0, 0.05) is 38.8 Å². The van der Waals surface area contributed by atoms with Crippen LogP contribution in [0, 0.1) is 0 Å². The minimum atomic E-state index is -4.88. The van der Waals surface area contributed by atoms with Crippen molar-refractivity contribution >= 4 is 23.6 Å². The van der Waals surface area contributed by atoms with Crippen LogP contribution >= 0.6 is 0 Å². The van der Waals surface area contributed by atoms with E-state index in [4.69, 9.17) is 14.6 Å². The fraction of sp³-hybridized carbons (Fsp3) is 0.625. The molecule has 0 radical (unpaired) electrons. The van der Waals surface area contributed by atoms with Gasteiger partial charge in [0.2, 0.25) is 5.60 Å². The van der Waals surface area contributed by atoms with E-state index in [1.165, 1.54) is 18.9 Å². The Balaban J connectivity index is 2.15. The van der Waals surface area contributed by atoms with Crippen LogP contribution in [0.3, 0.4) is 0 Å². The third kappa shape index (κ3) is 6.09. The summed E-state index contributed by atoms with van der Waals surface area (Å²) in [5.74, 6) is -1.70. The zero-order valence-corrected chi connectivity index (χ0v) is 21.3. The van der Waals surface area contributed by atoms with Crippen LogP contribution in [0.5, 0.6) is 5.75 Å². The molecule has 0 aliphatic carbocycles. The summed E-state index contributed by atoms with van der Waals surface area (Å²) in [6.07, 6.45) is -4.78. The highest BCUT2D eigenvalue weighted by molar-refractivity contribution is 6.05. The summed E-state index contributed by atoms with van der Waals surface area (Å²) in [5, 5.41) is 14.3. The van der Waals surface area contributed by atoms with Crippen LogP contribution in [-0.2, 0) is 15.7 Å². The van der Waals surface area contributed by atoms with Crippen LogP contribution in [0.1, 0.15) is 49.5 Å². The number of anilines is 1. The molecule has 1 aromatic carbocycles. The number of carboxylic acid groups (broad SMARTS) is 1. The molecule has 3 rings (SSSR count). The van der Waals surface area contributed by atoms with Gasteiger partial charge in [0.05, 0.1) is 23.4 Å². The first-order valence-corrected chi connectivity index (χ1v) is 12.1. The Morgan fingerprint density at radius 1 is 1.38 bits per heavy atom. The molecule has 0 bridgehead atoms. The fourth-order valence-corrected chi connectivity index (χ4v) is 4.85. The summed E-state index contributed by atoms with van der Waals surface area (Å²) < 4.78 is 53.6. The topological polar surface area (TPSA) is 120 Å². The van der Waals surface area contributed by atoms with Crippen molar-refractivity contribution in [3.63, 3.8) is 0 Å². The first-order chi connectivity index (χ1) is 17.3. The lowest BCUT2D eigenvalue weighted by atomic mass is 9.96. The summed E-state index contributed by atoms with van der Waals surface area (Å²) in [4.78, 5) is 40.6. The van der Waals surface area contributed by atoms with E-state index in [0.29, 0.717) is 13.0 Å². The molecule has 0 saturated carbocycles. The van der Waals surface area contributed by atoms with Gasteiger partial charge in [-0.3, -0.25) is 9.59 Å². The Bertz CT molecular complexity index is 1030. The monoisotopic (exact) mass is 530 g/mol. The largest absolute Gasteiger partial charge is 0.473 e. The lowest BCUT2D eigenvalue weighted by molar-refractivity contribution is -0.140. The molecular formula is C24H33F3N4O6. The number of fused-ring (bicyclic) bond motifs is 1. The fourth-order valence-electron chi connectivity index (χ4n) is 4.85. The predicted octanol–water partition coefficient (Wildman–Crippen LogP) is 2.71. The van der Waals surface area contributed by atoms with Crippen LogP contribution in [0.4, 0.5) is 23.7 Å². The third-order valence-electron chi connectivity index (χ3n) is 6.44. The van der Waals surface area contributed by atoms with E-state index in [1.807, 2.05) is 0 Å². The van der Waals surface area contributed by atoms with Crippen molar-refractivity contribution in [2.24, 2.45) is 0 Å². The molecule has 10 nitrogen and oxygen atoms in total. The number of benzene rings is 1. The number of nitrogens with one attached hydrogen (secondary N) is 2. The van der Waals surface area contributed by atoms with Crippen molar-refractivity contribution in [3.8, 4) is 5.75 Å². The summed E-state index contributed by atoms with van der Waals surface area (Å²) in [6, 6.07) is 1.08.